The summed E-state index contributed by atoms with van der Waals surface area (Å²) in [6.45, 7) is 1.19. The van der Waals surface area contributed by atoms with E-state index in [-0.39, 0.29) is 27.9 Å². The summed E-state index contributed by atoms with van der Waals surface area (Å²) in [6, 6.07) is 6.35. The number of ketones is 1. The second kappa shape index (κ2) is 10.8. The van der Waals surface area contributed by atoms with Crippen molar-refractivity contribution >= 4 is 46.4 Å². The molecule has 0 heterocycles. The summed E-state index contributed by atoms with van der Waals surface area (Å²) in [6.07, 6.45) is 0. The number of benzene rings is 2. The van der Waals surface area contributed by atoms with Crippen molar-refractivity contribution in [2.24, 2.45) is 10.2 Å². The number of halogens is 2. The fourth-order valence-electron chi connectivity index (χ4n) is 2.56. The van der Waals surface area contributed by atoms with Gasteiger partial charge in [-0.15, -0.1) is 0 Å². The van der Waals surface area contributed by atoms with Crippen molar-refractivity contribution in [3.8, 4) is 23.0 Å². The lowest BCUT2D eigenvalue weighted by Crippen LogP contribution is -2.36. The maximum Gasteiger partial charge on any atom is 0.276 e. The molecule has 0 bridgehead atoms. The molecule has 1 atom stereocenters. The van der Waals surface area contributed by atoms with E-state index in [1.807, 2.05) is 0 Å². The van der Waals surface area contributed by atoms with Gasteiger partial charge in [-0.1, -0.05) is 17.7 Å². The van der Waals surface area contributed by atoms with Gasteiger partial charge < -0.3 is 18.9 Å². The van der Waals surface area contributed by atoms with E-state index in [0.717, 1.165) is 4.42 Å². The van der Waals surface area contributed by atoms with E-state index >= 15 is 0 Å². The van der Waals surface area contributed by atoms with Crippen molar-refractivity contribution in [2.45, 2.75) is 13.0 Å². The van der Waals surface area contributed by atoms with E-state index in [1.165, 1.54) is 41.4 Å². The van der Waals surface area contributed by atoms with Crippen molar-refractivity contribution in [1.29, 1.82) is 0 Å². The van der Waals surface area contributed by atoms with Gasteiger partial charge in [-0.2, -0.15) is 10.2 Å². The number of amides is 1. The summed E-state index contributed by atoms with van der Waals surface area (Å²) < 4.78 is 21.6. The molecule has 166 valence electrons. The summed E-state index contributed by atoms with van der Waals surface area (Å²) in [4.78, 5) is 25.2. The molecule has 0 saturated heterocycles. The number of para-hydroxylation sites is 1. The zero-order chi connectivity index (χ0) is 23.1. The molecule has 31 heavy (non-hydrogen) atoms. The van der Waals surface area contributed by atoms with Crippen LogP contribution in [0.4, 0.5) is 11.4 Å². The molecular weight excluding hydrogens is 449 g/mol. The molecule has 0 saturated carbocycles. The third-order valence-electron chi connectivity index (χ3n) is 4.14. The second-order valence-corrected chi connectivity index (χ2v) is 6.74. The first-order chi connectivity index (χ1) is 14.8. The first-order valence-corrected chi connectivity index (χ1v) is 9.54. The quantitative estimate of drug-likeness (QED) is 0.302. The van der Waals surface area contributed by atoms with Gasteiger partial charge in [-0.3, -0.25) is 9.59 Å². The van der Waals surface area contributed by atoms with E-state index in [2.05, 4.69) is 10.2 Å². The molecule has 2 aromatic rings. The zero-order valence-corrected chi connectivity index (χ0v) is 19.0. The lowest BCUT2D eigenvalue weighted by molar-refractivity contribution is -0.126. The molecule has 0 radical (unpaired) electrons. The Balaban J connectivity index is 2.44. The number of hydrogen-bond acceptors (Lipinski definition) is 8. The molecule has 0 N–H and O–H groups in total. The van der Waals surface area contributed by atoms with Crippen LogP contribution in [0.5, 0.6) is 23.0 Å². The van der Waals surface area contributed by atoms with Gasteiger partial charge >= 0.3 is 0 Å². The maximum absolute atomic E-state index is 13.0. The summed E-state index contributed by atoms with van der Waals surface area (Å²) in [5.74, 6) is -0.215. The van der Waals surface area contributed by atoms with Gasteiger partial charge in [0.25, 0.3) is 5.91 Å². The van der Waals surface area contributed by atoms with Crippen LogP contribution in [0.15, 0.2) is 40.6 Å². The Morgan fingerprint density at radius 2 is 1.55 bits per heavy atom. The molecule has 1 unspecified atom stereocenters. The van der Waals surface area contributed by atoms with Gasteiger partial charge in [0.05, 0.1) is 28.4 Å². The number of carbonyl (C=O) groups is 2. The number of nitrogens with zero attached hydrogens (tertiary/aromatic N) is 3. The van der Waals surface area contributed by atoms with Gasteiger partial charge in [0, 0.05) is 23.9 Å². The standard InChI is InChI=1S/C20H21Cl2N3O6/c1-11(26)18(24-23-13-9-12(28-2)10-16(31-5)17(13)21)20(27)25(22)19-14(29-3)7-6-8-15(19)30-4/h6-10,18H,1-5H3. The van der Waals surface area contributed by atoms with E-state index < -0.39 is 17.7 Å². The Morgan fingerprint density at radius 3 is 2.03 bits per heavy atom. The van der Waals surface area contributed by atoms with Crippen LogP contribution in [0.2, 0.25) is 5.02 Å². The SMILES string of the molecule is COc1cc(N=NC(C(C)=O)C(=O)N(Cl)c2c(OC)cccc2OC)c(Cl)c(OC)c1. The number of hydrogen-bond donors (Lipinski definition) is 0. The molecule has 1 amide bonds. The molecule has 0 aromatic heterocycles. The Kier molecular flexibility index (Phi) is 8.47. The van der Waals surface area contributed by atoms with Gasteiger partial charge in [0.1, 0.15) is 39.4 Å². The van der Waals surface area contributed by atoms with Crippen molar-refractivity contribution in [2.75, 3.05) is 32.9 Å². The van der Waals surface area contributed by atoms with Crippen LogP contribution in [0.25, 0.3) is 0 Å². The third-order valence-corrected chi connectivity index (χ3v) is 4.86. The first-order valence-electron chi connectivity index (χ1n) is 8.82. The van der Waals surface area contributed by atoms with Crippen LogP contribution in [0, 0.1) is 0 Å². The number of anilines is 1. The first kappa shape index (κ1) is 24.2. The highest BCUT2D eigenvalue weighted by molar-refractivity contribution is 6.40. The van der Waals surface area contributed by atoms with Gasteiger partial charge in [0.2, 0.25) is 6.04 Å². The lowest BCUT2D eigenvalue weighted by Gasteiger charge is -2.21. The fourth-order valence-corrected chi connectivity index (χ4v) is 3.05. The summed E-state index contributed by atoms with van der Waals surface area (Å²) in [7, 11) is 5.70. The largest absolute Gasteiger partial charge is 0.497 e. The normalized spacial score (nSPS) is 11.7. The summed E-state index contributed by atoms with van der Waals surface area (Å²) in [5.41, 5.74) is 0.273. The average Bonchev–Trinajstić information content (AvgIpc) is 2.78. The maximum atomic E-state index is 13.0. The lowest BCUT2D eigenvalue weighted by atomic mass is 10.2. The molecule has 0 aliphatic rings. The summed E-state index contributed by atoms with van der Waals surface area (Å²) in [5, 5.41) is 7.99. The van der Waals surface area contributed by atoms with Crippen molar-refractivity contribution in [3.63, 3.8) is 0 Å². The zero-order valence-electron chi connectivity index (χ0n) is 17.5. The average molecular weight is 470 g/mol. The third kappa shape index (κ3) is 5.36. The van der Waals surface area contributed by atoms with Gasteiger partial charge in [-0.05, 0) is 19.1 Å². The molecular formula is C20H21Cl2N3O6. The van der Waals surface area contributed by atoms with Crippen LogP contribution in [-0.4, -0.2) is 46.2 Å². The van der Waals surface area contributed by atoms with E-state index in [0.29, 0.717) is 11.5 Å². The Hall–Kier alpha value is -3.04. The molecule has 2 aromatic carbocycles. The fraction of sp³-hybridized carbons (Fsp3) is 0.300. The van der Waals surface area contributed by atoms with Crippen LogP contribution < -0.4 is 23.4 Å². The van der Waals surface area contributed by atoms with Crippen LogP contribution >= 0.6 is 23.4 Å². The van der Waals surface area contributed by atoms with Gasteiger partial charge in [-0.25, -0.2) is 4.42 Å². The minimum Gasteiger partial charge on any atom is -0.497 e. The van der Waals surface area contributed by atoms with Crippen LogP contribution in [0.1, 0.15) is 6.92 Å². The molecule has 0 aliphatic heterocycles. The minimum atomic E-state index is -1.54. The number of azo groups is 1. The molecule has 2 rings (SSSR count). The number of methoxy groups -OCH3 is 4. The second-order valence-electron chi connectivity index (χ2n) is 6.02. The topological polar surface area (TPSA) is 99.0 Å². The highest BCUT2D eigenvalue weighted by atomic mass is 35.5. The van der Waals surface area contributed by atoms with E-state index in [4.69, 9.17) is 42.3 Å². The van der Waals surface area contributed by atoms with E-state index in [1.54, 1.807) is 24.3 Å². The molecule has 0 aliphatic carbocycles. The van der Waals surface area contributed by atoms with Crippen molar-refractivity contribution in [3.05, 3.63) is 35.4 Å². The van der Waals surface area contributed by atoms with Crippen molar-refractivity contribution < 1.29 is 28.5 Å². The highest BCUT2D eigenvalue weighted by Gasteiger charge is 2.32. The number of ether oxygens (including phenoxy) is 4. The predicted octanol–water partition coefficient (Wildman–Crippen LogP) is 4.60. The number of rotatable bonds is 9. The molecule has 11 heteroatoms. The predicted molar refractivity (Wildman–Crippen MR) is 116 cm³/mol. The van der Waals surface area contributed by atoms with Crippen LogP contribution in [0.3, 0.4) is 0 Å². The molecule has 0 spiro atoms. The van der Waals surface area contributed by atoms with Crippen LogP contribution in [-0.2, 0) is 9.59 Å². The number of carbonyl (C=O) groups excluding carboxylic acids is 2. The Labute approximate surface area is 189 Å². The number of Topliss-reactive ketones (excluding diaryl/α,β-unsaturated/α-hetero) is 1. The summed E-state index contributed by atoms with van der Waals surface area (Å²) >= 11 is 12.5. The van der Waals surface area contributed by atoms with E-state index in [9.17, 15) is 9.59 Å². The molecule has 9 nitrogen and oxygen atoms in total. The van der Waals surface area contributed by atoms with Gasteiger partial charge in [0.15, 0.2) is 5.78 Å². The van der Waals surface area contributed by atoms with Crippen molar-refractivity contribution in [1.82, 2.24) is 0 Å². The Morgan fingerprint density at radius 1 is 0.968 bits per heavy atom. The molecule has 0 fully saturated rings. The monoisotopic (exact) mass is 469 g/mol. The Bertz CT molecular complexity index is 977. The smallest absolute Gasteiger partial charge is 0.276 e. The minimum absolute atomic E-state index is 0.127. The highest BCUT2D eigenvalue weighted by Crippen LogP contribution is 2.40.